The van der Waals surface area contributed by atoms with Crippen LogP contribution in [-0.4, -0.2) is 36.6 Å². The largest absolute Gasteiger partial charge is 0.493 e. The van der Waals surface area contributed by atoms with E-state index in [2.05, 4.69) is 17.3 Å². The molecule has 164 valence electrons. The first-order chi connectivity index (χ1) is 15.0. The van der Waals surface area contributed by atoms with E-state index in [9.17, 15) is 4.79 Å². The zero-order valence-corrected chi connectivity index (χ0v) is 18.6. The van der Waals surface area contributed by atoms with Crippen molar-refractivity contribution < 1.29 is 19.0 Å². The van der Waals surface area contributed by atoms with Crippen molar-refractivity contribution in [2.75, 3.05) is 20.8 Å². The van der Waals surface area contributed by atoms with Crippen molar-refractivity contribution in [2.24, 2.45) is 0 Å². The topological polar surface area (TPSA) is 74.6 Å². The summed E-state index contributed by atoms with van der Waals surface area (Å²) in [6.07, 6.45) is 3.27. The number of nitrogens with one attached hydrogen (secondary N) is 1. The number of carbonyl (C=O) groups excluding carboxylic acids is 1. The van der Waals surface area contributed by atoms with Gasteiger partial charge in [-0.15, -0.1) is 0 Å². The van der Waals surface area contributed by atoms with Crippen molar-refractivity contribution in [1.29, 1.82) is 0 Å². The highest BCUT2D eigenvalue weighted by atomic mass is 35.5. The molecule has 0 spiro atoms. The maximum Gasteiger partial charge on any atom is 0.412 e. The molecule has 3 aromatic rings. The highest BCUT2D eigenvalue weighted by molar-refractivity contribution is 6.30. The SMILES string of the molecule is CCCc1c(OC(=O)NCCc2ccc(OC)c(OC)c2)cnn1-c1ccc(Cl)cc1. The summed E-state index contributed by atoms with van der Waals surface area (Å²) in [5, 5.41) is 7.83. The third kappa shape index (κ3) is 5.70. The Hall–Kier alpha value is -3.19. The van der Waals surface area contributed by atoms with E-state index in [-0.39, 0.29) is 0 Å². The molecule has 1 aromatic heterocycles. The molecule has 1 amide bonds. The normalized spacial score (nSPS) is 10.6. The number of rotatable bonds is 9. The predicted molar refractivity (Wildman–Crippen MR) is 120 cm³/mol. The number of halogens is 1. The van der Waals surface area contributed by atoms with Crippen LogP contribution < -0.4 is 19.5 Å². The molecule has 3 rings (SSSR count). The number of benzene rings is 2. The van der Waals surface area contributed by atoms with Crippen molar-refractivity contribution in [3.63, 3.8) is 0 Å². The van der Waals surface area contributed by atoms with Gasteiger partial charge in [-0.2, -0.15) is 5.10 Å². The Labute approximate surface area is 186 Å². The van der Waals surface area contributed by atoms with Gasteiger partial charge >= 0.3 is 6.09 Å². The molecule has 0 atom stereocenters. The molecule has 0 unspecified atom stereocenters. The first-order valence-corrected chi connectivity index (χ1v) is 10.4. The van der Waals surface area contributed by atoms with E-state index in [0.29, 0.717) is 35.2 Å². The summed E-state index contributed by atoms with van der Waals surface area (Å²) < 4.78 is 17.9. The van der Waals surface area contributed by atoms with E-state index < -0.39 is 6.09 Å². The molecular formula is C23H26ClN3O4. The summed E-state index contributed by atoms with van der Waals surface area (Å²) in [4.78, 5) is 12.3. The maximum absolute atomic E-state index is 12.3. The fourth-order valence-corrected chi connectivity index (χ4v) is 3.32. The molecule has 0 saturated heterocycles. The zero-order chi connectivity index (χ0) is 22.2. The molecule has 0 aliphatic heterocycles. The lowest BCUT2D eigenvalue weighted by Crippen LogP contribution is -2.29. The Bertz CT molecular complexity index is 1020. The molecule has 31 heavy (non-hydrogen) atoms. The smallest absolute Gasteiger partial charge is 0.412 e. The van der Waals surface area contributed by atoms with Gasteiger partial charge in [-0.1, -0.05) is 31.0 Å². The van der Waals surface area contributed by atoms with Crippen LogP contribution in [0.2, 0.25) is 5.02 Å². The molecule has 0 bridgehead atoms. The van der Waals surface area contributed by atoms with E-state index in [1.54, 1.807) is 37.2 Å². The molecule has 1 N–H and O–H groups in total. The minimum absolute atomic E-state index is 0.419. The number of hydrogen-bond acceptors (Lipinski definition) is 5. The van der Waals surface area contributed by atoms with Gasteiger partial charge in [0.25, 0.3) is 0 Å². The van der Waals surface area contributed by atoms with E-state index >= 15 is 0 Å². The Morgan fingerprint density at radius 3 is 2.45 bits per heavy atom. The molecule has 0 aliphatic rings. The summed E-state index contributed by atoms with van der Waals surface area (Å²) >= 11 is 5.98. The van der Waals surface area contributed by atoms with Crippen LogP contribution in [0.1, 0.15) is 24.6 Å². The van der Waals surface area contributed by atoms with Crippen LogP contribution in [-0.2, 0) is 12.8 Å². The number of amides is 1. The van der Waals surface area contributed by atoms with Gasteiger partial charge < -0.3 is 19.5 Å². The highest BCUT2D eigenvalue weighted by Gasteiger charge is 2.16. The minimum Gasteiger partial charge on any atom is -0.493 e. The lowest BCUT2D eigenvalue weighted by Gasteiger charge is -2.11. The lowest BCUT2D eigenvalue weighted by molar-refractivity contribution is 0.200. The molecule has 0 fully saturated rings. The average molecular weight is 444 g/mol. The maximum atomic E-state index is 12.3. The molecule has 1 heterocycles. The summed E-state index contributed by atoms with van der Waals surface area (Å²) in [5.41, 5.74) is 2.71. The van der Waals surface area contributed by atoms with Gasteiger partial charge in [0.2, 0.25) is 0 Å². The van der Waals surface area contributed by atoms with Crippen molar-refractivity contribution in [2.45, 2.75) is 26.2 Å². The van der Waals surface area contributed by atoms with Gasteiger partial charge in [0.1, 0.15) is 0 Å². The fourth-order valence-electron chi connectivity index (χ4n) is 3.20. The van der Waals surface area contributed by atoms with E-state index in [0.717, 1.165) is 29.8 Å². The third-order valence-electron chi connectivity index (χ3n) is 4.72. The first-order valence-electron chi connectivity index (χ1n) is 10.0. The Morgan fingerprint density at radius 2 is 1.77 bits per heavy atom. The molecule has 0 saturated carbocycles. The van der Waals surface area contributed by atoms with Gasteiger partial charge in [0.15, 0.2) is 17.2 Å². The van der Waals surface area contributed by atoms with Gasteiger partial charge in [0, 0.05) is 11.6 Å². The van der Waals surface area contributed by atoms with E-state index in [1.165, 1.54) is 0 Å². The van der Waals surface area contributed by atoms with Crippen LogP contribution >= 0.6 is 11.6 Å². The number of ether oxygens (including phenoxy) is 3. The van der Waals surface area contributed by atoms with Crippen LogP contribution in [0.15, 0.2) is 48.7 Å². The third-order valence-corrected chi connectivity index (χ3v) is 4.97. The second-order valence-corrected chi connectivity index (χ2v) is 7.29. The van der Waals surface area contributed by atoms with Crippen molar-refractivity contribution in [3.8, 4) is 22.9 Å². The van der Waals surface area contributed by atoms with E-state index in [1.807, 2.05) is 30.3 Å². The molecule has 0 aliphatic carbocycles. The molecule has 0 radical (unpaired) electrons. The molecule has 8 heteroatoms. The average Bonchev–Trinajstić information content (AvgIpc) is 3.16. The van der Waals surface area contributed by atoms with Gasteiger partial charge in [-0.25, -0.2) is 9.48 Å². The van der Waals surface area contributed by atoms with Crippen molar-refractivity contribution in [1.82, 2.24) is 15.1 Å². The standard InChI is InChI=1S/C23H26ClN3O4/c1-4-5-19-22(15-26-27(19)18-9-7-17(24)8-10-18)31-23(28)25-13-12-16-6-11-20(29-2)21(14-16)30-3/h6-11,14-15H,4-5,12-13H2,1-3H3,(H,25,28). The zero-order valence-electron chi connectivity index (χ0n) is 17.9. The van der Waals surface area contributed by atoms with Crippen molar-refractivity contribution in [3.05, 3.63) is 64.9 Å². The van der Waals surface area contributed by atoms with Crippen LogP contribution in [0.4, 0.5) is 4.79 Å². The summed E-state index contributed by atoms with van der Waals surface area (Å²) in [7, 11) is 3.19. The number of aromatic nitrogens is 2. The van der Waals surface area contributed by atoms with Crippen LogP contribution in [0.5, 0.6) is 17.2 Å². The second kappa shape index (κ2) is 10.7. The first kappa shape index (κ1) is 22.5. The Morgan fingerprint density at radius 1 is 1.03 bits per heavy atom. The molecule has 7 nitrogen and oxygen atoms in total. The Kier molecular flexibility index (Phi) is 7.78. The summed E-state index contributed by atoms with van der Waals surface area (Å²) in [5.74, 6) is 1.77. The molecular weight excluding hydrogens is 418 g/mol. The highest BCUT2D eigenvalue weighted by Crippen LogP contribution is 2.28. The van der Waals surface area contributed by atoms with Gasteiger partial charge in [-0.3, -0.25) is 0 Å². The van der Waals surface area contributed by atoms with Crippen molar-refractivity contribution >= 4 is 17.7 Å². The van der Waals surface area contributed by atoms with Crippen LogP contribution in [0.25, 0.3) is 5.69 Å². The molecule has 2 aromatic carbocycles. The van der Waals surface area contributed by atoms with E-state index in [4.69, 9.17) is 25.8 Å². The number of nitrogens with zero attached hydrogens (tertiary/aromatic N) is 2. The number of hydrogen-bond donors (Lipinski definition) is 1. The Balaban J connectivity index is 1.62. The monoisotopic (exact) mass is 443 g/mol. The quantitative estimate of drug-likeness (QED) is 0.512. The summed E-state index contributed by atoms with van der Waals surface area (Å²) in [6.45, 7) is 2.48. The summed E-state index contributed by atoms with van der Waals surface area (Å²) in [6, 6.07) is 13.0. The van der Waals surface area contributed by atoms with Gasteiger partial charge in [-0.05, 0) is 54.8 Å². The number of carbonyl (C=O) groups is 1. The number of methoxy groups -OCH3 is 2. The fraction of sp³-hybridized carbons (Fsp3) is 0.304. The second-order valence-electron chi connectivity index (χ2n) is 6.85. The minimum atomic E-state index is -0.520. The van der Waals surface area contributed by atoms with Crippen LogP contribution in [0, 0.1) is 0 Å². The van der Waals surface area contributed by atoms with Gasteiger partial charge in [0.05, 0.1) is 31.8 Å². The lowest BCUT2D eigenvalue weighted by atomic mass is 10.1. The predicted octanol–water partition coefficient (Wildman–Crippen LogP) is 4.83. The van der Waals surface area contributed by atoms with Crippen LogP contribution in [0.3, 0.4) is 0 Å².